The smallest absolute Gasteiger partial charge is 0.338 e. The molecule has 0 radical (unpaired) electrons. The summed E-state index contributed by atoms with van der Waals surface area (Å²) >= 11 is 1.46. The fourth-order valence-corrected chi connectivity index (χ4v) is 3.18. The number of carboxylic acids is 1. The number of carboxylic acid groups (broad SMARTS) is 1. The van der Waals surface area contributed by atoms with E-state index in [0.29, 0.717) is 10.6 Å². The van der Waals surface area contributed by atoms with Crippen LogP contribution in [0.3, 0.4) is 0 Å². The average molecular weight is 317 g/mol. The molecule has 0 aliphatic rings. The normalized spacial score (nSPS) is 11.3. The summed E-state index contributed by atoms with van der Waals surface area (Å²) in [5.74, 6) is -0.229. The number of sulfone groups is 1. The van der Waals surface area contributed by atoms with Gasteiger partial charge in [-0.3, -0.25) is 0 Å². The molecule has 0 unspecified atom stereocenters. The Labute approximate surface area is 123 Å². The van der Waals surface area contributed by atoms with Crippen molar-refractivity contribution in [2.24, 2.45) is 0 Å². The number of aromatic carboxylic acids is 1. The fourth-order valence-electron chi connectivity index (χ4n) is 1.75. The second kappa shape index (κ2) is 6.99. The molecule has 112 valence electrons. The molecule has 0 aliphatic heterocycles. The molecule has 1 rings (SSSR count). The third-order valence-corrected chi connectivity index (χ3v) is 4.59. The minimum Gasteiger partial charge on any atom is -0.478 e. The van der Waals surface area contributed by atoms with Crippen LogP contribution in [0.4, 0.5) is 5.69 Å². The summed E-state index contributed by atoms with van der Waals surface area (Å²) in [6, 6.07) is 5.26. The predicted octanol–water partition coefficient (Wildman–Crippen LogP) is 1.98. The first kappa shape index (κ1) is 16.8. The van der Waals surface area contributed by atoms with Crippen molar-refractivity contribution in [3.8, 4) is 0 Å². The van der Waals surface area contributed by atoms with Crippen molar-refractivity contribution in [3.63, 3.8) is 0 Å². The molecule has 0 aliphatic carbocycles. The highest BCUT2D eigenvalue weighted by Crippen LogP contribution is 2.30. The van der Waals surface area contributed by atoms with Crippen LogP contribution in [-0.4, -0.2) is 50.8 Å². The molecular weight excluding hydrogens is 298 g/mol. The fraction of sp³-hybridized carbons (Fsp3) is 0.462. The van der Waals surface area contributed by atoms with Crippen LogP contribution in [0.25, 0.3) is 0 Å². The molecule has 1 aromatic carbocycles. The molecule has 1 N–H and O–H groups in total. The molecule has 5 nitrogen and oxygen atoms in total. The van der Waals surface area contributed by atoms with Crippen LogP contribution in [0.2, 0.25) is 0 Å². The van der Waals surface area contributed by atoms with Crippen LogP contribution in [0.1, 0.15) is 17.3 Å². The van der Waals surface area contributed by atoms with Crippen LogP contribution in [0.5, 0.6) is 0 Å². The minimum absolute atomic E-state index is 0.00624. The summed E-state index contributed by atoms with van der Waals surface area (Å²) < 4.78 is 22.4. The van der Waals surface area contributed by atoms with Gasteiger partial charge in [0.25, 0.3) is 0 Å². The summed E-state index contributed by atoms with van der Waals surface area (Å²) in [6.45, 7) is 2.22. The molecule has 0 atom stereocenters. The maximum atomic E-state index is 11.5. The molecule has 0 saturated heterocycles. The zero-order valence-corrected chi connectivity index (χ0v) is 13.4. The van der Waals surface area contributed by atoms with Gasteiger partial charge in [0.15, 0.2) is 0 Å². The molecule has 0 bridgehead atoms. The van der Waals surface area contributed by atoms with Crippen molar-refractivity contribution < 1.29 is 18.3 Å². The summed E-state index contributed by atoms with van der Waals surface area (Å²) in [6.07, 6.45) is 1.17. The van der Waals surface area contributed by atoms with Gasteiger partial charge >= 0.3 is 5.97 Å². The highest BCUT2D eigenvalue weighted by atomic mass is 32.2. The summed E-state index contributed by atoms with van der Waals surface area (Å²) in [7, 11) is -1.37. The summed E-state index contributed by atoms with van der Waals surface area (Å²) in [5, 5.41) is 9.39. The van der Waals surface area contributed by atoms with Crippen molar-refractivity contribution in [2.75, 3.05) is 36.3 Å². The number of rotatable bonds is 7. The van der Waals surface area contributed by atoms with E-state index in [1.54, 1.807) is 30.1 Å². The molecule has 20 heavy (non-hydrogen) atoms. The Hall–Kier alpha value is -1.21. The third-order valence-electron chi connectivity index (χ3n) is 2.73. The molecule has 0 heterocycles. The van der Waals surface area contributed by atoms with E-state index in [-0.39, 0.29) is 17.9 Å². The Balaban J connectivity index is 3.10. The number of thioether (sulfide) groups is 1. The molecule has 0 aromatic heterocycles. The van der Waals surface area contributed by atoms with Gasteiger partial charge in [-0.15, -0.1) is 11.8 Å². The lowest BCUT2D eigenvalue weighted by Gasteiger charge is -2.22. The lowest BCUT2D eigenvalue weighted by atomic mass is 10.1. The number of anilines is 1. The van der Waals surface area contributed by atoms with E-state index < -0.39 is 15.8 Å². The van der Waals surface area contributed by atoms with Crippen LogP contribution in [0, 0.1) is 0 Å². The van der Waals surface area contributed by atoms with Gasteiger partial charge in [-0.2, -0.15) is 0 Å². The maximum Gasteiger partial charge on any atom is 0.338 e. The Bertz CT molecular complexity index is 584. The van der Waals surface area contributed by atoms with Gasteiger partial charge in [0.05, 0.1) is 17.0 Å². The molecule has 0 saturated carbocycles. The third kappa shape index (κ3) is 4.72. The van der Waals surface area contributed by atoms with Gasteiger partial charge in [-0.25, -0.2) is 13.2 Å². The van der Waals surface area contributed by atoms with Crippen molar-refractivity contribution in [3.05, 3.63) is 23.8 Å². The van der Waals surface area contributed by atoms with Gasteiger partial charge in [-0.05, 0) is 17.9 Å². The first-order valence-corrected chi connectivity index (χ1v) is 9.19. The topological polar surface area (TPSA) is 74.7 Å². The molecule has 1 aromatic rings. The zero-order chi connectivity index (χ0) is 15.3. The zero-order valence-electron chi connectivity index (χ0n) is 11.8. The summed E-state index contributed by atoms with van der Waals surface area (Å²) in [5.41, 5.74) is 0.773. The Morgan fingerprint density at radius 1 is 1.40 bits per heavy atom. The van der Waals surface area contributed by atoms with E-state index in [1.165, 1.54) is 18.0 Å². The standard InChI is InChI=1S/C13H19NO4S2/c1-4-19-11-7-5-6-10(12(11)13(15)16)14(2)8-9-20(3,17)18/h5-7H,4,8-9H2,1-3H3,(H,15,16). The number of nitrogens with zero attached hydrogens (tertiary/aromatic N) is 1. The van der Waals surface area contributed by atoms with Gasteiger partial charge < -0.3 is 10.0 Å². The second-order valence-electron chi connectivity index (χ2n) is 4.44. The number of carbonyl (C=O) groups is 1. The van der Waals surface area contributed by atoms with E-state index in [9.17, 15) is 18.3 Å². The van der Waals surface area contributed by atoms with Crippen LogP contribution < -0.4 is 4.90 Å². The van der Waals surface area contributed by atoms with E-state index in [1.807, 2.05) is 6.92 Å². The van der Waals surface area contributed by atoms with Crippen LogP contribution in [-0.2, 0) is 9.84 Å². The lowest BCUT2D eigenvalue weighted by molar-refractivity contribution is 0.0694. The van der Waals surface area contributed by atoms with E-state index >= 15 is 0 Å². The SMILES string of the molecule is CCSc1cccc(N(C)CCS(C)(=O)=O)c1C(=O)O. The van der Waals surface area contributed by atoms with Crippen molar-refractivity contribution in [1.82, 2.24) is 0 Å². The minimum atomic E-state index is -3.07. The van der Waals surface area contributed by atoms with Crippen LogP contribution in [0.15, 0.2) is 23.1 Å². The predicted molar refractivity (Wildman–Crippen MR) is 82.8 cm³/mol. The van der Waals surface area contributed by atoms with Gasteiger partial charge in [0.2, 0.25) is 0 Å². The monoisotopic (exact) mass is 317 g/mol. The number of hydrogen-bond donors (Lipinski definition) is 1. The Morgan fingerprint density at radius 3 is 2.55 bits per heavy atom. The lowest BCUT2D eigenvalue weighted by Crippen LogP contribution is -2.26. The van der Waals surface area contributed by atoms with Crippen molar-refractivity contribution in [1.29, 1.82) is 0 Å². The van der Waals surface area contributed by atoms with Crippen molar-refractivity contribution in [2.45, 2.75) is 11.8 Å². The van der Waals surface area contributed by atoms with Crippen LogP contribution >= 0.6 is 11.8 Å². The first-order chi connectivity index (χ1) is 9.26. The maximum absolute atomic E-state index is 11.5. The van der Waals surface area contributed by atoms with E-state index in [4.69, 9.17) is 0 Å². The molecular formula is C13H19NO4S2. The van der Waals surface area contributed by atoms with Gasteiger partial charge in [0, 0.05) is 24.7 Å². The average Bonchev–Trinajstić information content (AvgIpc) is 2.35. The quantitative estimate of drug-likeness (QED) is 0.775. The summed E-state index contributed by atoms with van der Waals surface area (Å²) in [4.78, 5) is 13.8. The molecule has 0 amide bonds. The first-order valence-electron chi connectivity index (χ1n) is 6.14. The molecule has 7 heteroatoms. The van der Waals surface area contributed by atoms with Crippen molar-refractivity contribution >= 4 is 33.3 Å². The second-order valence-corrected chi connectivity index (χ2v) is 8.01. The highest BCUT2D eigenvalue weighted by molar-refractivity contribution is 7.99. The molecule has 0 fully saturated rings. The molecule has 0 spiro atoms. The largest absolute Gasteiger partial charge is 0.478 e. The number of benzene rings is 1. The Morgan fingerprint density at radius 2 is 2.05 bits per heavy atom. The van der Waals surface area contributed by atoms with E-state index in [0.717, 1.165) is 5.75 Å². The number of hydrogen-bond acceptors (Lipinski definition) is 5. The van der Waals surface area contributed by atoms with Gasteiger partial charge in [-0.1, -0.05) is 13.0 Å². The Kier molecular flexibility index (Phi) is 5.88. The highest BCUT2D eigenvalue weighted by Gasteiger charge is 2.18. The van der Waals surface area contributed by atoms with E-state index in [2.05, 4.69) is 0 Å². The van der Waals surface area contributed by atoms with Gasteiger partial charge in [0.1, 0.15) is 9.84 Å².